The molecule has 1 atom stereocenters. The van der Waals surface area contributed by atoms with E-state index in [-0.39, 0.29) is 18.6 Å². The lowest BCUT2D eigenvalue weighted by atomic mass is 10.2. The van der Waals surface area contributed by atoms with Crippen LogP contribution in [0.5, 0.6) is 0 Å². The topological polar surface area (TPSA) is 62.9 Å². The van der Waals surface area contributed by atoms with Gasteiger partial charge >= 0.3 is 0 Å². The molecule has 5 nitrogen and oxygen atoms in total. The van der Waals surface area contributed by atoms with Crippen LogP contribution in [0.25, 0.3) is 10.6 Å². The third-order valence-electron chi connectivity index (χ3n) is 3.43. The number of rotatable bonds is 3. The fourth-order valence-corrected chi connectivity index (χ4v) is 3.26. The van der Waals surface area contributed by atoms with Crippen molar-refractivity contribution in [3.63, 3.8) is 0 Å². The highest BCUT2D eigenvalue weighted by Gasteiger charge is 2.25. The zero-order chi connectivity index (χ0) is 14.8. The van der Waals surface area contributed by atoms with Gasteiger partial charge in [0.1, 0.15) is 11.5 Å². The number of hydrogen-bond acceptors (Lipinski definition) is 5. The van der Waals surface area contributed by atoms with Gasteiger partial charge in [-0.25, -0.2) is 0 Å². The molecular formula is C15H17NO4S. The summed E-state index contributed by atoms with van der Waals surface area (Å²) in [4.78, 5) is 15.8. The van der Waals surface area contributed by atoms with Gasteiger partial charge in [-0.2, -0.15) is 0 Å². The van der Waals surface area contributed by atoms with Crippen LogP contribution in [0.15, 0.2) is 28.7 Å². The Morgan fingerprint density at radius 3 is 3.00 bits per heavy atom. The van der Waals surface area contributed by atoms with Gasteiger partial charge in [0.2, 0.25) is 0 Å². The van der Waals surface area contributed by atoms with Gasteiger partial charge in [-0.3, -0.25) is 4.79 Å². The molecule has 112 valence electrons. The first-order valence-corrected chi connectivity index (χ1v) is 7.67. The number of carbonyl (C=O) groups excluding carboxylic acids is 1. The summed E-state index contributed by atoms with van der Waals surface area (Å²) in [7, 11) is 0. The fraction of sp³-hybridized carbons (Fsp3) is 0.400. The van der Waals surface area contributed by atoms with Crippen LogP contribution >= 0.6 is 11.3 Å². The minimum absolute atomic E-state index is 0.0173. The first-order chi connectivity index (χ1) is 10.2. The Morgan fingerprint density at radius 1 is 1.43 bits per heavy atom. The Balaban J connectivity index is 1.75. The SMILES string of the molecule is Cc1ccc(-c2ccc(C(=O)N3CCO[C@@H](CO)C3)s2)o1. The summed E-state index contributed by atoms with van der Waals surface area (Å²) < 4.78 is 10.9. The van der Waals surface area contributed by atoms with Crippen molar-refractivity contribution in [1.29, 1.82) is 0 Å². The number of hydrogen-bond donors (Lipinski definition) is 1. The van der Waals surface area contributed by atoms with Crippen molar-refractivity contribution in [3.8, 4) is 10.6 Å². The van der Waals surface area contributed by atoms with E-state index in [9.17, 15) is 4.79 Å². The monoisotopic (exact) mass is 307 g/mol. The number of amides is 1. The maximum absolute atomic E-state index is 12.5. The van der Waals surface area contributed by atoms with E-state index in [0.717, 1.165) is 16.4 Å². The second-order valence-electron chi connectivity index (χ2n) is 5.00. The fourth-order valence-electron chi connectivity index (χ4n) is 2.32. The highest BCUT2D eigenvalue weighted by atomic mass is 32.1. The van der Waals surface area contributed by atoms with E-state index in [0.29, 0.717) is 24.6 Å². The molecule has 3 heterocycles. The number of nitrogens with zero attached hydrogens (tertiary/aromatic N) is 1. The third-order valence-corrected chi connectivity index (χ3v) is 4.52. The second-order valence-corrected chi connectivity index (χ2v) is 6.08. The highest BCUT2D eigenvalue weighted by Crippen LogP contribution is 2.30. The zero-order valence-electron chi connectivity index (χ0n) is 11.7. The number of aliphatic hydroxyl groups excluding tert-OH is 1. The maximum Gasteiger partial charge on any atom is 0.264 e. The van der Waals surface area contributed by atoms with Crippen LogP contribution in [0, 0.1) is 6.92 Å². The molecule has 0 radical (unpaired) electrons. The molecule has 1 amide bonds. The number of furan rings is 1. The largest absolute Gasteiger partial charge is 0.461 e. The molecule has 2 aromatic rings. The summed E-state index contributed by atoms with van der Waals surface area (Å²) in [6.45, 7) is 3.29. The standard InChI is InChI=1S/C15H17NO4S/c1-10-2-3-12(20-10)13-4-5-14(21-13)15(18)16-6-7-19-11(8-16)9-17/h2-5,11,17H,6-9H2,1H3/t11-/m1/s1. The number of carbonyl (C=O) groups is 1. The van der Waals surface area contributed by atoms with Crippen LogP contribution in [0.3, 0.4) is 0 Å². The maximum atomic E-state index is 12.5. The minimum atomic E-state index is -0.283. The summed E-state index contributed by atoms with van der Waals surface area (Å²) in [5.41, 5.74) is 0. The van der Waals surface area contributed by atoms with E-state index in [4.69, 9.17) is 14.3 Å². The van der Waals surface area contributed by atoms with Gasteiger partial charge in [0.15, 0.2) is 0 Å². The van der Waals surface area contributed by atoms with Crippen LogP contribution in [0.2, 0.25) is 0 Å². The molecule has 0 bridgehead atoms. The Hall–Kier alpha value is -1.63. The number of aliphatic hydroxyl groups is 1. The molecule has 1 N–H and O–H groups in total. The van der Waals surface area contributed by atoms with Crippen LogP contribution in [-0.4, -0.2) is 48.3 Å². The molecule has 0 spiro atoms. The molecule has 6 heteroatoms. The minimum Gasteiger partial charge on any atom is -0.461 e. The van der Waals surface area contributed by atoms with Crippen molar-refractivity contribution in [1.82, 2.24) is 4.90 Å². The summed E-state index contributed by atoms with van der Waals surface area (Å²) in [6, 6.07) is 7.54. The van der Waals surface area contributed by atoms with Gasteiger partial charge in [0.05, 0.1) is 29.1 Å². The number of thiophene rings is 1. The first-order valence-electron chi connectivity index (χ1n) is 6.86. The van der Waals surface area contributed by atoms with Crippen LogP contribution < -0.4 is 0 Å². The van der Waals surface area contributed by atoms with Crippen molar-refractivity contribution in [2.75, 3.05) is 26.3 Å². The van der Waals surface area contributed by atoms with Gasteiger partial charge in [0.25, 0.3) is 5.91 Å². The quantitative estimate of drug-likeness (QED) is 0.944. The summed E-state index contributed by atoms with van der Waals surface area (Å²) in [6.07, 6.45) is -0.283. The van der Waals surface area contributed by atoms with E-state index >= 15 is 0 Å². The lowest BCUT2D eigenvalue weighted by Gasteiger charge is -2.31. The second kappa shape index (κ2) is 6.01. The molecule has 0 aromatic carbocycles. The molecule has 21 heavy (non-hydrogen) atoms. The Morgan fingerprint density at radius 2 is 2.29 bits per heavy atom. The molecule has 1 fully saturated rings. The molecular weight excluding hydrogens is 290 g/mol. The lowest BCUT2D eigenvalue weighted by molar-refractivity contribution is -0.0446. The molecule has 0 unspecified atom stereocenters. The average molecular weight is 307 g/mol. The molecule has 2 aromatic heterocycles. The van der Waals surface area contributed by atoms with E-state index in [1.165, 1.54) is 11.3 Å². The molecule has 0 aliphatic carbocycles. The summed E-state index contributed by atoms with van der Waals surface area (Å²) >= 11 is 1.42. The highest BCUT2D eigenvalue weighted by molar-refractivity contribution is 7.17. The molecule has 1 saturated heterocycles. The van der Waals surface area contributed by atoms with Crippen molar-refractivity contribution in [3.05, 3.63) is 34.9 Å². The van der Waals surface area contributed by atoms with Crippen molar-refractivity contribution in [2.24, 2.45) is 0 Å². The number of ether oxygens (including phenoxy) is 1. The normalized spacial score (nSPS) is 19.0. The predicted molar refractivity (Wildman–Crippen MR) is 79.5 cm³/mol. The van der Waals surface area contributed by atoms with Gasteiger partial charge in [0, 0.05) is 13.1 Å². The predicted octanol–water partition coefficient (Wildman–Crippen LogP) is 2.15. The number of aryl methyl sites for hydroxylation is 1. The van der Waals surface area contributed by atoms with E-state index in [2.05, 4.69) is 0 Å². The van der Waals surface area contributed by atoms with Crippen molar-refractivity contribution in [2.45, 2.75) is 13.0 Å². The molecule has 0 saturated carbocycles. The van der Waals surface area contributed by atoms with Crippen molar-refractivity contribution >= 4 is 17.2 Å². The van der Waals surface area contributed by atoms with Gasteiger partial charge < -0.3 is 19.2 Å². The summed E-state index contributed by atoms with van der Waals surface area (Å²) in [5.74, 6) is 1.62. The third kappa shape index (κ3) is 3.02. The van der Waals surface area contributed by atoms with E-state index in [1.807, 2.05) is 31.2 Å². The smallest absolute Gasteiger partial charge is 0.264 e. The van der Waals surface area contributed by atoms with Crippen molar-refractivity contribution < 1.29 is 19.1 Å². The van der Waals surface area contributed by atoms with Gasteiger partial charge in [-0.15, -0.1) is 11.3 Å². The van der Waals surface area contributed by atoms with E-state index in [1.54, 1.807) is 4.90 Å². The van der Waals surface area contributed by atoms with Gasteiger partial charge in [-0.1, -0.05) is 0 Å². The lowest BCUT2D eigenvalue weighted by Crippen LogP contribution is -2.46. The Labute approximate surface area is 126 Å². The Bertz CT molecular complexity index is 633. The Kier molecular flexibility index (Phi) is 4.10. The number of morpholine rings is 1. The van der Waals surface area contributed by atoms with Crippen LogP contribution in [0.1, 0.15) is 15.4 Å². The zero-order valence-corrected chi connectivity index (χ0v) is 12.6. The van der Waals surface area contributed by atoms with Crippen LogP contribution in [0.4, 0.5) is 0 Å². The molecule has 1 aliphatic heterocycles. The van der Waals surface area contributed by atoms with E-state index < -0.39 is 0 Å². The molecule has 3 rings (SSSR count). The van der Waals surface area contributed by atoms with Crippen LogP contribution in [-0.2, 0) is 4.74 Å². The average Bonchev–Trinajstić information content (AvgIpc) is 3.15. The first kappa shape index (κ1) is 14.3. The summed E-state index contributed by atoms with van der Waals surface area (Å²) in [5, 5.41) is 9.14. The molecule has 1 aliphatic rings. The van der Waals surface area contributed by atoms with Gasteiger partial charge in [-0.05, 0) is 31.2 Å².